The van der Waals surface area contributed by atoms with Crippen LogP contribution >= 0.6 is 0 Å². The number of benzene rings is 2. The minimum absolute atomic E-state index is 0.0474. The van der Waals surface area contributed by atoms with Crippen molar-refractivity contribution in [2.45, 2.75) is 25.9 Å². The average molecular weight is 326 g/mol. The molecule has 4 nitrogen and oxygen atoms in total. The van der Waals surface area contributed by atoms with Gasteiger partial charge in [0.1, 0.15) is 18.1 Å². The molecule has 126 valence electrons. The van der Waals surface area contributed by atoms with Crippen LogP contribution in [-0.4, -0.2) is 18.2 Å². The van der Waals surface area contributed by atoms with E-state index in [4.69, 9.17) is 9.47 Å². The van der Waals surface area contributed by atoms with Gasteiger partial charge in [0, 0.05) is 6.07 Å². The Morgan fingerprint density at radius 2 is 1.92 bits per heavy atom. The van der Waals surface area contributed by atoms with E-state index in [1.54, 1.807) is 12.1 Å². The summed E-state index contributed by atoms with van der Waals surface area (Å²) in [5.41, 5.74) is 2.53. The zero-order chi connectivity index (χ0) is 17.5. The van der Waals surface area contributed by atoms with E-state index >= 15 is 0 Å². The molecule has 0 aliphatic carbocycles. The monoisotopic (exact) mass is 326 g/mol. The number of ether oxygens (including phenoxy) is 2. The molecule has 24 heavy (non-hydrogen) atoms. The highest BCUT2D eigenvalue weighted by Crippen LogP contribution is 2.31. The number of rotatable bonds is 7. The number of carbonyl (C=O) groups is 1. The third-order valence-electron chi connectivity index (χ3n) is 3.60. The molecule has 0 fully saturated rings. The summed E-state index contributed by atoms with van der Waals surface area (Å²) in [5, 5.41) is 9.97. The van der Waals surface area contributed by atoms with Crippen LogP contribution in [0.5, 0.6) is 11.5 Å². The van der Waals surface area contributed by atoms with E-state index < -0.39 is 5.92 Å². The molecule has 0 bridgehead atoms. The van der Waals surface area contributed by atoms with Crippen molar-refractivity contribution in [3.05, 3.63) is 71.8 Å². The molecule has 0 aliphatic heterocycles. The summed E-state index contributed by atoms with van der Waals surface area (Å²) in [5.74, 6) is -0.327. The number of hydrogen-bond acceptors (Lipinski definition) is 4. The van der Waals surface area contributed by atoms with Crippen molar-refractivity contribution in [1.82, 2.24) is 0 Å². The second-order valence-electron chi connectivity index (χ2n) is 5.77. The number of esters is 1. The van der Waals surface area contributed by atoms with Crippen molar-refractivity contribution < 1.29 is 19.4 Å². The molecule has 0 saturated heterocycles. The molecule has 1 unspecified atom stereocenters. The Labute approximate surface area is 142 Å². The van der Waals surface area contributed by atoms with E-state index in [2.05, 4.69) is 6.58 Å². The molecule has 4 heteroatoms. The molecule has 2 aromatic carbocycles. The zero-order valence-electron chi connectivity index (χ0n) is 14.0. The van der Waals surface area contributed by atoms with Crippen molar-refractivity contribution in [2.75, 3.05) is 7.11 Å². The first-order chi connectivity index (χ1) is 11.5. The first-order valence-electron chi connectivity index (χ1n) is 7.72. The van der Waals surface area contributed by atoms with Crippen LogP contribution in [-0.2, 0) is 16.1 Å². The van der Waals surface area contributed by atoms with Crippen LogP contribution in [0, 0.1) is 0 Å². The van der Waals surface area contributed by atoms with Crippen LogP contribution in [0.3, 0.4) is 0 Å². The van der Waals surface area contributed by atoms with Crippen LogP contribution in [0.25, 0.3) is 0 Å². The number of phenolic OH excluding ortho intramolecular Hbond substituents is 1. The van der Waals surface area contributed by atoms with E-state index in [1.165, 1.54) is 13.2 Å². The topological polar surface area (TPSA) is 55.8 Å². The van der Waals surface area contributed by atoms with Gasteiger partial charge in [0.2, 0.25) is 0 Å². The summed E-state index contributed by atoms with van der Waals surface area (Å²) in [6, 6.07) is 14.6. The molecule has 1 N–H and O–H groups in total. The Kier molecular flexibility index (Phi) is 6.01. The van der Waals surface area contributed by atoms with Crippen molar-refractivity contribution in [1.29, 1.82) is 0 Å². The smallest absolute Gasteiger partial charge is 0.313 e. The molecule has 0 saturated carbocycles. The number of hydrogen-bond donors (Lipinski definition) is 1. The predicted octanol–water partition coefficient (Wildman–Crippen LogP) is 4.19. The Bertz CT molecular complexity index is 707. The highest BCUT2D eigenvalue weighted by Gasteiger charge is 2.22. The first kappa shape index (κ1) is 17.6. The minimum Gasteiger partial charge on any atom is -0.508 e. The van der Waals surface area contributed by atoms with Crippen molar-refractivity contribution >= 4 is 5.97 Å². The van der Waals surface area contributed by atoms with Gasteiger partial charge in [0.05, 0.1) is 13.0 Å². The number of methoxy groups -OCH3 is 1. The Hall–Kier alpha value is -2.75. The fourth-order valence-electron chi connectivity index (χ4n) is 2.46. The highest BCUT2D eigenvalue weighted by atomic mass is 16.5. The molecule has 2 aromatic rings. The minimum atomic E-state index is -0.515. The summed E-state index contributed by atoms with van der Waals surface area (Å²) in [7, 11) is 1.35. The quantitative estimate of drug-likeness (QED) is 0.612. The lowest BCUT2D eigenvalue weighted by Crippen LogP contribution is -2.14. The first-order valence-corrected chi connectivity index (χ1v) is 7.72. The maximum atomic E-state index is 12.1. The summed E-state index contributed by atoms with van der Waals surface area (Å²) < 4.78 is 10.6. The third kappa shape index (κ3) is 4.88. The molecule has 1 atom stereocenters. The van der Waals surface area contributed by atoms with E-state index in [0.717, 1.165) is 11.1 Å². The van der Waals surface area contributed by atoms with Gasteiger partial charge in [0.25, 0.3) is 0 Å². The largest absolute Gasteiger partial charge is 0.508 e. The molecule has 2 rings (SSSR count). The van der Waals surface area contributed by atoms with Gasteiger partial charge in [-0.3, -0.25) is 4.79 Å². The van der Waals surface area contributed by atoms with E-state index in [9.17, 15) is 9.90 Å². The fourth-order valence-corrected chi connectivity index (χ4v) is 2.46. The van der Waals surface area contributed by atoms with Gasteiger partial charge in [-0.15, -0.1) is 6.58 Å². The number of allylic oxidation sites excluding steroid dienone is 1. The molecular weight excluding hydrogens is 304 g/mol. The average Bonchev–Trinajstić information content (AvgIpc) is 2.57. The van der Waals surface area contributed by atoms with Gasteiger partial charge in [-0.2, -0.15) is 0 Å². The third-order valence-corrected chi connectivity index (χ3v) is 3.60. The summed E-state index contributed by atoms with van der Waals surface area (Å²) in [4.78, 5) is 12.1. The standard InChI is InChI=1S/C20H22O4/c1-14(2)9-19(20(22)23-3)16-10-17(21)12-18(11-16)24-13-15-7-5-4-6-8-15/h4-8,10-12,19,21H,1,9,13H2,2-3H3. The molecule has 0 radical (unpaired) electrons. The molecular formula is C20H22O4. The lowest BCUT2D eigenvalue weighted by atomic mass is 9.92. The van der Waals surface area contributed by atoms with Gasteiger partial charge in [-0.25, -0.2) is 0 Å². The lowest BCUT2D eigenvalue weighted by molar-refractivity contribution is -0.142. The normalized spacial score (nSPS) is 11.6. The second-order valence-corrected chi connectivity index (χ2v) is 5.77. The fraction of sp³-hybridized carbons (Fsp3) is 0.250. The van der Waals surface area contributed by atoms with Crippen LogP contribution in [0.4, 0.5) is 0 Å². The Balaban J connectivity index is 2.22. The Morgan fingerprint density at radius 3 is 2.54 bits per heavy atom. The van der Waals surface area contributed by atoms with E-state index in [1.807, 2.05) is 37.3 Å². The lowest BCUT2D eigenvalue weighted by Gasteiger charge is -2.17. The number of phenols is 1. The predicted molar refractivity (Wildman–Crippen MR) is 93.1 cm³/mol. The van der Waals surface area contributed by atoms with Crippen LogP contribution in [0.1, 0.15) is 30.4 Å². The molecule has 0 aromatic heterocycles. The molecule has 0 aliphatic rings. The zero-order valence-corrected chi connectivity index (χ0v) is 14.0. The summed E-state index contributed by atoms with van der Waals surface area (Å²) >= 11 is 0. The molecule has 0 amide bonds. The number of carbonyl (C=O) groups excluding carboxylic acids is 1. The number of aromatic hydroxyl groups is 1. The van der Waals surface area contributed by atoms with Gasteiger partial charge < -0.3 is 14.6 Å². The maximum absolute atomic E-state index is 12.1. The van der Waals surface area contributed by atoms with Crippen molar-refractivity contribution in [3.8, 4) is 11.5 Å². The second kappa shape index (κ2) is 8.20. The van der Waals surface area contributed by atoms with Crippen LogP contribution in [0.2, 0.25) is 0 Å². The molecule has 0 spiro atoms. The van der Waals surface area contributed by atoms with Crippen molar-refractivity contribution in [2.24, 2.45) is 0 Å². The van der Waals surface area contributed by atoms with E-state index in [-0.39, 0.29) is 11.7 Å². The van der Waals surface area contributed by atoms with Gasteiger partial charge in [0.15, 0.2) is 0 Å². The maximum Gasteiger partial charge on any atom is 0.313 e. The van der Waals surface area contributed by atoms with E-state index in [0.29, 0.717) is 24.3 Å². The van der Waals surface area contributed by atoms with Crippen LogP contribution in [0.15, 0.2) is 60.7 Å². The highest BCUT2D eigenvalue weighted by molar-refractivity contribution is 5.78. The van der Waals surface area contributed by atoms with Gasteiger partial charge >= 0.3 is 5.97 Å². The van der Waals surface area contributed by atoms with Crippen LogP contribution < -0.4 is 4.74 Å². The SMILES string of the molecule is C=C(C)CC(C(=O)OC)c1cc(O)cc(OCc2ccccc2)c1. The van der Waals surface area contributed by atoms with Gasteiger partial charge in [-0.05, 0) is 36.6 Å². The van der Waals surface area contributed by atoms with Crippen molar-refractivity contribution in [3.63, 3.8) is 0 Å². The Morgan fingerprint density at radius 1 is 1.21 bits per heavy atom. The molecule has 0 heterocycles. The van der Waals surface area contributed by atoms with Gasteiger partial charge in [-0.1, -0.05) is 35.9 Å². The summed E-state index contributed by atoms with van der Waals surface area (Å²) in [6.45, 7) is 6.09. The summed E-state index contributed by atoms with van der Waals surface area (Å²) in [6.07, 6.45) is 0.453.